The molecule has 1 unspecified atom stereocenters. The van der Waals surface area contributed by atoms with Crippen LogP contribution in [0.25, 0.3) is 0 Å². The predicted molar refractivity (Wildman–Crippen MR) is 115 cm³/mol. The first kappa shape index (κ1) is 23.4. The van der Waals surface area contributed by atoms with Gasteiger partial charge in [0.15, 0.2) is 0 Å². The lowest BCUT2D eigenvalue weighted by molar-refractivity contribution is -0.132. The van der Waals surface area contributed by atoms with Gasteiger partial charge >= 0.3 is 0 Å². The smallest absolute Gasteiger partial charge is 0.242 e. The van der Waals surface area contributed by atoms with E-state index in [4.69, 9.17) is 16.3 Å². The molecule has 0 radical (unpaired) electrons. The second kappa shape index (κ2) is 11.2. The lowest BCUT2D eigenvalue weighted by atomic mass is 10.0. The highest BCUT2D eigenvalue weighted by molar-refractivity contribution is 6.30. The minimum absolute atomic E-state index is 0. The van der Waals surface area contributed by atoms with Crippen molar-refractivity contribution in [3.05, 3.63) is 59.1 Å². The molecule has 1 saturated heterocycles. The maximum atomic E-state index is 12.8. The highest BCUT2D eigenvalue weighted by Gasteiger charge is 2.27. The topological polar surface area (TPSA) is 53.6 Å². The summed E-state index contributed by atoms with van der Waals surface area (Å²) in [6, 6.07) is 15.3. The van der Waals surface area contributed by atoms with Crippen LogP contribution in [0.1, 0.15) is 11.6 Å². The van der Waals surface area contributed by atoms with Crippen LogP contribution in [0.3, 0.4) is 0 Å². The zero-order valence-corrected chi connectivity index (χ0v) is 17.4. The van der Waals surface area contributed by atoms with Gasteiger partial charge < -0.3 is 20.3 Å². The standard InChI is InChI=1S/C19H22ClN3O2.2ClH/c1-25-18-8-3-2-7-16(18)22-13-19(24)23-10-9-21-12-17(23)14-5-4-6-15(20)11-14;;/h2-8,11,17,21-22H,9-10,12-13H2,1H3;2*1H. The van der Waals surface area contributed by atoms with Crippen molar-refractivity contribution in [3.63, 3.8) is 0 Å². The van der Waals surface area contributed by atoms with Gasteiger partial charge in [-0.3, -0.25) is 4.79 Å². The Bertz CT molecular complexity index is 746. The largest absolute Gasteiger partial charge is 0.495 e. The number of methoxy groups -OCH3 is 1. The van der Waals surface area contributed by atoms with Gasteiger partial charge in [-0.05, 0) is 29.8 Å². The molecule has 0 aliphatic carbocycles. The SMILES string of the molecule is COc1ccccc1NCC(=O)N1CCNCC1c1cccc(Cl)c1.Cl.Cl. The zero-order valence-electron chi connectivity index (χ0n) is 15.0. The molecule has 5 nitrogen and oxygen atoms in total. The van der Waals surface area contributed by atoms with E-state index in [0.29, 0.717) is 11.6 Å². The number of benzene rings is 2. The van der Waals surface area contributed by atoms with Crippen molar-refractivity contribution in [2.75, 3.05) is 38.6 Å². The predicted octanol–water partition coefficient (Wildman–Crippen LogP) is 3.78. The molecule has 0 bridgehead atoms. The average Bonchev–Trinajstić information content (AvgIpc) is 2.66. The molecule has 2 aromatic rings. The van der Waals surface area contributed by atoms with Crippen LogP contribution in [0.4, 0.5) is 5.69 Å². The van der Waals surface area contributed by atoms with Crippen molar-refractivity contribution in [1.29, 1.82) is 0 Å². The second-order valence-electron chi connectivity index (χ2n) is 5.92. The minimum atomic E-state index is -0.0144. The van der Waals surface area contributed by atoms with Crippen LogP contribution in [0.5, 0.6) is 5.75 Å². The maximum Gasteiger partial charge on any atom is 0.242 e. The summed E-state index contributed by atoms with van der Waals surface area (Å²) in [5.74, 6) is 0.777. The van der Waals surface area contributed by atoms with Crippen molar-refractivity contribution in [2.24, 2.45) is 0 Å². The summed E-state index contributed by atoms with van der Waals surface area (Å²) in [6.07, 6.45) is 0. The zero-order chi connectivity index (χ0) is 17.6. The normalized spacial score (nSPS) is 15.9. The van der Waals surface area contributed by atoms with Gasteiger partial charge in [0.2, 0.25) is 5.91 Å². The number of hydrogen-bond donors (Lipinski definition) is 2. The number of rotatable bonds is 5. The fraction of sp³-hybridized carbons (Fsp3) is 0.316. The van der Waals surface area contributed by atoms with Crippen molar-refractivity contribution in [1.82, 2.24) is 10.2 Å². The van der Waals surface area contributed by atoms with Gasteiger partial charge in [0.1, 0.15) is 5.75 Å². The van der Waals surface area contributed by atoms with Gasteiger partial charge in [-0.25, -0.2) is 0 Å². The van der Waals surface area contributed by atoms with E-state index in [1.54, 1.807) is 7.11 Å². The van der Waals surface area contributed by atoms with E-state index in [1.165, 1.54) is 0 Å². The highest BCUT2D eigenvalue weighted by atomic mass is 35.5. The summed E-state index contributed by atoms with van der Waals surface area (Å²) in [7, 11) is 1.62. The molecule has 0 spiro atoms. The quantitative estimate of drug-likeness (QED) is 0.755. The maximum absolute atomic E-state index is 12.8. The van der Waals surface area contributed by atoms with Crippen LogP contribution in [0.2, 0.25) is 5.02 Å². The van der Waals surface area contributed by atoms with Gasteiger partial charge in [-0.15, -0.1) is 24.8 Å². The molecule has 2 aromatic carbocycles. The van der Waals surface area contributed by atoms with Crippen LogP contribution in [0.15, 0.2) is 48.5 Å². The lowest BCUT2D eigenvalue weighted by Gasteiger charge is -2.36. The molecule has 0 aromatic heterocycles. The van der Waals surface area contributed by atoms with Crippen LogP contribution in [-0.4, -0.2) is 44.1 Å². The Balaban J connectivity index is 0.00000182. The molecule has 148 valence electrons. The third kappa shape index (κ3) is 5.91. The average molecular weight is 433 g/mol. The van der Waals surface area contributed by atoms with Crippen molar-refractivity contribution < 1.29 is 9.53 Å². The molecule has 1 amide bonds. The number of amides is 1. The van der Waals surface area contributed by atoms with Crippen molar-refractivity contribution >= 4 is 48.0 Å². The molecule has 0 saturated carbocycles. The summed E-state index contributed by atoms with van der Waals surface area (Å²) in [4.78, 5) is 14.7. The number of halogens is 3. The summed E-state index contributed by atoms with van der Waals surface area (Å²) >= 11 is 6.12. The van der Waals surface area contributed by atoms with Gasteiger partial charge in [0.25, 0.3) is 0 Å². The minimum Gasteiger partial charge on any atom is -0.495 e. The molecule has 27 heavy (non-hydrogen) atoms. The van der Waals surface area contributed by atoms with Gasteiger partial charge in [0, 0.05) is 24.7 Å². The fourth-order valence-corrected chi connectivity index (χ4v) is 3.28. The number of anilines is 1. The van der Waals surface area contributed by atoms with Crippen LogP contribution in [0, 0.1) is 0 Å². The number of carbonyl (C=O) groups is 1. The molecular formula is C19H24Cl3N3O2. The molecule has 1 heterocycles. The fourth-order valence-electron chi connectivity index (χ4n) is 3.08. The van der Waals surface area contributed by atoms with E-state index in [0.717, 1.165) is 30.1 Å². The Hall–Kier alpha value is -1.66. The van der Waals surface area contributed by atoms with E-state index >= 15 is 0 Å². The summed E-state index contributed by atoms with van der Waals surface area (Å²) in [5.41, 5.74) is 1.86. The van der Waals surface area contributed by atoms with E-state index < -0.39 is 0 Å². The van der Waals surface area contributed by atoms with Gasteiger partial charge in [-0.1, -0.05) is 35.9 Å². The van der Waals surface area contributed by atoms with Crippen LogP contribution in [-0.2, 0) is 4.79 Å². The molecular weight excluding hydrogens is 409 g/mol. The Kier molecular flexibility index (Phi) is 9.74. The number of para-hydroxylation sites is 2. The number of nitrogens with one attached hydrogen (secondary N) is 2. The molecule has 1 aliphatic rings. The van der Waals surface area contributed by atoms with Crippen LogP contribution < -0.4 is 15.4 Å². The van der Waals surface area contributed by atoms with Gasteiger partial charge in [-0.2, -0.15) is 0 Å². The third-order valence-electron chi connectivity index (χ3n) is 4.33. The molecule has 8 heteroatoms. The number of piperazine rings is 1. The lowest BCUT2D eigenvalue weighted by Crippen LogP contribution is -2.50. The summed E-state index contributed by atoms with van der Waals surface area (Å²) in [5, 5.41) is 7.22. The molecule has 1 fully saturated rings. The number of nitrogens with zero attached hydrogens (tertiary/aromatic N) is 1. The first-order valence-corrected chi connectivity index (χ1v) is 8.69. The number of carbonyl (C=O) groups excluding carboxylic acids is 1. The highest BCUT2D eigenvalue weighted by Crippen LogP contribution is 2.26. The number of ether oxygens (including phenoxy) is 1. The Labute approximate surface area is 177 Å². The summed E-state index contributed by atoms with van der Waals surface area (Å²) < 4.78 is 5.31. The van der Waals surface area contributed by atoms with Crippen molar-refractivity contribution in [3.8, 4) is 5.75 Å². The molecule has 1 atom stereocenters. The van der Waals surface area contributed by atoms with E-state index in [1.807, 2.05) is 53.4 Å². The number of hydrogen-bond acceptors (Lipinski definition) is 4. The summed E-state index contributed by atoms with van der Waals surface area (Å²) in [6.45, 7) is 2.40. The van der Waals surface area contributed by atoms with E-state index in [2.05, 4.69) is 10.6 Å². The Morgan fingerprint density at radius 2 is 2.04 bits per heavy atom. The van der Waals surface area contributed by atoms with E-state index in [-0.39, 0.29) is 43.3 Å². The molecule has 1 aliphatic heterocycles. The first-order chi connectivity index (χ1) is 12.2. The first-order valence-electron chi connectivity index (χ1n) is 8.31. The molecule has 3 rings (SSSR count). The Morgan fingerprint density at radius 1 is 1.26 bits per heavy atom. The van der Waals surface area contributed by atoms with Crippen LogP contribution >= 0.6 is 36.4 Å². The third-order valence-corrected chi connectivity index (χ3v) is 4.57. The second-order valence-corrected chi connectivity index (χ2v) is 6.35. The van der Waals surface area contributed by atoms with Crippen molar-refractivity contribution in [2.45, 2.75) is 6.04 Å². The monoisotopic (exact) mass is 431 g/mol. The Morgan fingerprint density at radius 3 is 2.78 bits per heavy atom. The van der Waals surface area contributed by atoms with E-state index in [9.17, 15) is 4.79 Å². The van der Waals surface area contributed by atoms with Gasteiger partial charge in [0.05, 0.1) is 25.4 Å². The molecule has 2 N–H and O–H groups in total.